The summed E-state index contributed by atoms with van der Waals surface area (Å²) in [6.45, 7) is 11.3. The van der Waals surface area contributed by atoms with Crippen molar-refractivity contribution in [3.63, 3.8) is 0 Å². The fourth-order valence-corrected chi connectivity index (χ4v) is 2.66. The fraction of sp³-hybridized carbons (Fsp3) is 0.611. The number of hydrogen-bond donors (Lipinski definition) is 2. The van der Waals surface area contributed by atoms with Crippen molar-refractivity contribution >= 4 is 29.9 Å². The molecule has 142 valence electrons. The van der Waals surface area contributed by atoms with Crippen LogP contribution in [0.3, 0.4) is 0 Å². The Kier molecular flexibility index (Phi) is 11.0. The monoisotopic (exact) mass is 464 g/mol. The van der Waals surface area contributed by atoms with Crippen LogP contribution in [0.2, 0.25) is 0 Å². The van der Waals surface area contributed by atoms with Gasteiger partial charge in [0.05, 0.1) is 19.8 Å². The van der Waals surface area contributed by atoms with Gasteiger partial charge in [-0.1, -0.05) is 19.1 Å². The Bertz CT molecular complexity index is 506. The number of nitrogens with one attached hydrogen (secondary N) is 2. The van der Waals surface area contributed by atoms with Crippen LogP contribution in [0.5, 0.6) is 0 Å². The minimum Gasteiger partial charge on any atom is -0.379 e. The highest BCUT2D eigenvalue weighted by Gasteiger charge is 2.13. The molecular formula is C18H30FIN4O. The highest BCUT2D eigenvalue weighted by atomic mass is 127. The van der Waals surface area contributed by atoms with Crippen LogP contribution in [-0.4, -0.2) is 56.8 Å². The molecule has 5 nitrogen and oxygen atoms in total. The van der Waals surface area contributed by atoms with E-state index >= 15 is 0 Å². The van der Waals surface area contributed by atoms with Crippen LogP contribution in [0.15, 0.2) is 29.3 Å². The Morgan fingerprint density at radius 2 is 1.92 bits per heavy atom. The third-order valence-electron chi connectivity index (χ3n) is 3.97. The molecule has 1 fully saturated rings. The van der Waals surface area contributed by atoms with Gasteiger partial charge in [-0.3, -0.25) is 4.90 Å². The number of benzene rings is 1. The molecule has 1 unspecified atom stereocenters. The summed E-state index contributed by atoms with van der Waals surface area (Å²) in [4.78, 5) is 7.01. The fourth-order valence-electron chi connectivity index (χ4n) is 2.66. The predicted octanol–water partition coefficient (Wildman–Crippen LogP) is 2.47. The maximum Gasteiger partial charge on any atom is 0.191 e. The summed E-state index contributed by atoms with van der Waals surface area (Å²) in [5.41, 5.74) is 0.995. The lowest BCUT2D eigenvalue weighted by Gasteiger charge is -2.29. The number of nitrogens with zero attached hydrogens (tertiary/aromatic N) is 2. The molecule has 0 aromatic heterocycles. The number of halogens is 2. The standard InChI is InChI=1S/C18H29FN4O.HI/c1-3-20-18(22-13-16-4-6-17(19)7-5-16)21-12-15(2)14-23-8-10-24-11-9-23;/h4-7,15H,3,8-14H2,1-2H3,(H2,20,21,22);1H. The lowest BCUT2D eigenvalue weighted by molar-refractivity contribution is 0.0320. The van der Waals surface area contributed by atoms with E-state index in [1.54, 1.807) is 12.1 Å². The second-order valence-electron chi connectivity index (χ2n) is 6.22. The predicted molar refractivity (Wildman–Crippen MR) is 111 cm³/mol. The van der Waals surface area contributed by atoms with Crippen molar-refractivity contribution in [2.45, 2.75) is 20.4 Å². The summed E-state index contributed by atoms with van der Waals surface area (Å²) in [5.74, 6) is 1.11. The molecule has 0 amide bonds. The minimum absolute atomic E-state index is 0. The minimum atomic E-state index is -0.218. The number of rotatable bonds is 7. The molecule has 1 aromatic rings. The van der Waals surface area contributed by atoms with Crippen LogP contribution in [0.4, 0.5) is 4.39 Å². The Morgan fingerprint density at radius 3 is 2.56 bits per heavy atom. The first kappa shape index (κ1) is 22.1. The second kappa shape index (κ2) is 12.4. The third kappa shape index (κ3) is 8.82. The van der Waals surface area contributed by atoms with E-state index in [-0.39, 0.29) is 29.8 Å². The third-order valence-corrected chi connectivity index (χ3v) is 3.97. The highest BCUT2D eigenvalue weighted by Crippen LogP contribution is 2.05. The SMILES string of the molecule is CCNC(=NCc1ccc(F)cc1)NCC(C)CN1CCOCC1.I. The van der Waals surface area contributed by atoms with Crippen LogP contribution >= 0.6 is 24.0 Å². The molecule has 1 aliphatic rings. The quantitative estimate of drug-likeness (QED) is 0.370. The first-order valence-electron chi connectivity index (χ1n) is 8.74. The molecule has 0 saturated carbocycles. The van der Waals surface area contributed by atoms with Gasteiger partial charge in [-0.05, 0) is 30.5 Å². The first-order valence-corrected chi connectivity index (χ1v) is 8.74. The van der Waals surface area contributed by atoms with Crippen molar-refractivity contribution in [3.8, 4) is 0 Å². The van der Waals surface area contributed by atoms with Crippen LogP contribution in [0.25, 0.3) is 0 Å². The maximum absolute atomic E-state index is 12.9. The number of hydrogen-bond acceptors (Lipinski definition) is 3. The van der Waals surface area contributed by atoms with E-state index < -0.39 is 0 Å². The van der Waals surface area contributed by atoms with Gasteiger partial charge in [0.2, 0.25) is 0 Å². The highest BCUT2D eigenvalue weighted by molar-refractivity contribution is 14.0. The molecule has 2 N–H and O–H groups in total. The van der Waals surface area contributed by atoms with E-state index in [9.17, 15) is 4.39 Å². The molecular weight excluding hydrogens is 434 g/mol. The van der Waals surface area contributed by atoms with E-state index in [0.717, 1.165) is 57.5 Å². The van der Waals surface area contributed by atoms with Crippen LogP contribution < -0.4 is 10.6 Å². The zero-order valence-electron chi connectivity index (χ0n) is 15.1. The summed E-state index contributed by atoms with van der Waals surface area (Å²) in [6, 6.07) is 6.47. The normalized spacial score (nSPS) is 16.8. The Morgan fingerprint density at radius 1 is 1.24 bits per heavy atom. The summed E-state index contributed by atoms with van der Waals surface area (Å²) < 4.78 is 18.3. The second-order valence-corrected chi connectivity index (χ2v) is 6.22. The average molecular weight is 464 g/mol. The van der Waals surface area contributed by atoms with Gasteiger partial charge < -0.3 is 15.4 Å². The van der Waals surface area contributed by atoms with Gasteiger partial charge in [0.25, 0.3) is 0 Å². The molecule has 1 heterocycles. The first-order chi connectivity index (χ1) is 11.7. The van der Waals surface area contributed by atoms with E-state index in [2.05, 4.69) is 27.4 Å². The number of aliphatic imine (C=N–C) groups is 1. The molecule has 1 saturated heterocycles. The van der Waals surface area contributed by atoms with Crippen molar-refractivity contribution in [2.24, 2.45) is 10.9 Å². The summed E-state index contributed by atoms with van der Waals surface area (Å²) in [6.07, 6.45) is 0. The van der Waals surface area contributed by atoms with Crippen LogP contribution in [0.1, 0.15) is 19.4 Å². The Balaban J connectivity index is 0.00000312. The molecule has 7 heteroatoms. The molecule has 0 bridgehead atoms. The van der Waals surface area contributed by atoms with E-state index in [4.69, 9.17) is 4.74 Å². The van der Waals surface area contributed by atoms with Crippen molar-refractivity contribution < 1.29 is 9.13 Å². The largest absolute Gasteiger partial charge is 0.379 e. The topological polar surface area (TPSA) is 48.9 Å². The molecule has 2 rings (SSSR count). The Hall–Kier alpha value is -0.930. The molecule has 0 spiro atoms. The number of morpholine rings is 1. The average Bonchev–Trinajstić information content (AvgIpc) is 2.59. The molecule has 0 radical (unpaired) electrons. The lowest BCUT2D eigenvalue weighted by Crippen LogP contribution is -2.44. The number of ether oxygens (including phenoxy) is 1. The van der Waals surface area contributed by atoms with E-state index in [1.165, 1.54) is 12.1 Å². The summed E-state index contributed by atoms with van der Waals surface area (Å²) in [5, 5.41) is 6.65. The van der Waals surface area contributed by atoms with Gasteiger partial charge in [0.15, 0.2) is 5.96 Å². The maximum atomic E-state index is 12.9. The summed E-state index contributed by atoms with van der Waals surface area (Å²) in [7, 11) is 0. The van der Waals surface area contributed by atoms with Gasteiger partial charge in [-0.25, -0.2) is 9.38 Å². The summed E-state index contributed by atoms with van der Waals surface area (Å²) >= 11 is 0. The van der Waals surface area contributed by atoms with Crippen LogP contribution in [0, 0.1) is 11.7 Å². The van der Waals surface area contributed by atoms with Crippen molar-refractivity contribution in [2.75, 3.05) is 45.9 Å². The molecule has 0 aliphatic carbocycles. The van der Waals surface area contributed by atoms with Gasteiger partial charge in [-0.2, -0.15) is 0 Å². The van der Waals surface area contributed by atoms with E-state index in [1.807, 2.05) is 6.92 Å². The zero-order valence-corrected chi connectivity index (χ0v) is 17.5. The van der Waals surface area contributed by atoms with E-state index in [0.29, 0.717) is 12.5 Å². The molecule has 1 atom stereocenters. The lowest BCUT2D eigenvalue weighted by atomic mass is 10.1. The van der Waals surface area contributed by atoms with Gasteiger partial charge in [-0.15, -0.1) is 24.0 Å². The molecule has 25 heavy (non-hydrogen) atoms. The van der Waals surface area contributed by atoms with Crippen molar-refractivity contribution in [3.05, 3.63) is 35.6 Å². The van der Waals surface area contributed by atoms with Gasteiger partial charge in [0.1, 0.15) is 5.82 Å². The zero-order chi connectivity index (χ0) is 17.2. The smallest absolute Gasteiger partial charge is 0.191 e. The van der Waals surface area contributed by atoms with Crippen molar-refractivity contribution in [1.29, 1.82) is 0 Å². The Labute approximate surface area is 167 Å². The molecule has 1 aromatic carbocycles. The number of guanidine groups is 1. The van der Waals surface area contributed by atoms with Crippen LogP contribution in [-0.2, 0) is 11.3 Å². The van der Waals surface area contributed by atoms with Gasteiger partial charge >= 0.3 is 0 Å². The van der Waals surface area contributed by atoms with Gasteiger partial charge in [0, 0.05) is 32.7 Å². The van der Waals surface area contributed by atoms with Crippen molar-refractivity contribution in [1.82, 2.24) is 15.5 Å². The molecule has 1 aliphatic heterocycles.